The number of pyridine rings is 1. The second-order valence-electron chi connectivity index (χ2n) is 6.28. The van der Waals surface area contributed by atoms with E-state index in [9.17, 15) is 27.1 Å². The molecule has 1 aromatic heterocycles. The van der Waals surface area contributed by atoms with E-state index in [1.54, 1.807) is 6.92 Å². The van der Waals surface area contributed by atoms with Gasteiger partial charge in [0.25, 0.3) is 5.56 Å². The zero-order valence-electron chi connectivity index (χ0n) is 15.5. The summed E-state index contributed by atoms with van der Waals surface area (Å²) < 4.78 is 68.3. The lowest BCUT2D eigenvalue weighted by molar-refractivity contribution is 0.438. The first kappa shape index (κ1) is 21.0. The molecule has 2 aromatic carbocycles. The largest absolute Gasteiger partial charge is 0.454 e. The molecule has 0 radical (unpaired) electrons. The average molecular weight is 425 g/mol. The van der Waals surface area contributed by atoms with Crippen LogP contribution in [0.2, 0.25) is 0 Å². The average Bonchev–Trinajstić information content (AvgIpc) is 2.68. The molecular formula is C20H18F3NO4S. The number of nitrogens with zero attached hydrogens (tertiary/aromatic N) is 1. The second kappa shape index (κ2) is 7.94. The van der Waals surface area contributed by atoms with Crippen molar-refractivity contribution in [3.05, 3.63) is 76.5 Å². The molecule has 0 bridgehead atoms. The molecule has 9 heteroatoms. The molecule has 3 aromatic rings. The number of rotatable bonds is 5. The predicted octanol–water partition coefficient (Wildman–Crippen LogP) is 5.39. The Morgan fingerprint density at radius 3 is 2.31 bits per heavy atom. The van der Waals surface area contributed by atoms with E-state index in [2.05, 4.69) is 0 Å². The number of benzene rings is 2. The SMILES string of the molecule is CCS(O)(O)c1ccc(Oc2ccc(F)cc2F)c(-c2cc(F)c(=O)n(C)c2)c1. The third-order valence-electron chi connectivity index (χ3n) is 4.30. The highest BCUT2D eigenvalue weighted by Gasteiger charge is 2.19. The van der Waals surface area contributed by atoms with Gasteiger partial charge in [0.05, 0.1) is 4.90 Å². The Balaban J connectivity index is 2.19. The van der Waals surface area contributed by atoms with Gasteiger partial charge < -0.3 is 9.30 Å². The fourth-order valence-electron chi connectivity index (χ4n) is 2.69. The number of aromatic nitrogens is 1. The lowest BCUT2D eigenvalue weighted by Gasteiger charge is -2.31. The normalized spacial score (nSPS) is 12.1. The molecule has 1 heterocycles. The van der Waals surface area contributed by atoms with Crippen LogP contribution in [0.1, 0.15) is 6.92 Å². The van der Waals surface area contributed by atoms with Crippen molar-refractivity contribution < 1.29 is 27.0 Å². The molecule has 29 heavy (non-hydrogen) atoms. The number of hydrogen-bond donors (Lipinski definition) is 2. The van der Waals surface area contributed by atoms with Gasteiger partial charge in [0.2, 0.25) is 0 Å². The first-order valence-electron chi connectivity index (χ1n) is 8.52. The molecule has 0 amide bonds. The molecule has 3 rings (SSSR count). The first-order valence-corrected chi connectivity index (χ1v) is 10.2. The molecule has 0 aliphatic rings. The lowest BCUT2D eigenvalue weighted by atomic mass is 10.1. The van der Waals surface area contributed by atoms with Crippen LogP contribution < -0.4 is 10.3 Å². The highest BCUT2D eigenvalue weighted by molar-refractivity contribution is 8.24. The highest BCUT2D eigenvalue weighted by Crippen LogP contribution is 2.50. The van der Waals surface area contributed by atoms with E-state index in [4.69, 9.17) is 4.74 Å². The quantitative estimate of drug-likeness (QED) is 0.575. The van der Waals surface area contributed by atoms with Gasteiger partial charge in [-0.2, -0.15) is 10.6 Å². The number of hydrogen-bond acceptors (Lipinski definition) is 4. The van der Waals surface area contributed by atoms with Gasteiger partial charge in [0, 0.05) is 36.2 Å². The highest BCUT2D eigenvalue weighted by atomic mass is 32.3. The molecule has 0 saturated heterocycles. The maximum Gasteiger partial charge on any atom is 0.286 e. The van der Waals surface area contributed by atoms with Gasteiger partial charge in [-0.3, -0.25) is 13.9 Å². The van der Waals surface area contributed by atoms with Crippen LogP contribution in [-0.4, -0.2) is 19.4 Å². The molecule has 0 aliphatic heterocycles. The Kier molecular flexibility index (Phi) is 5.74. The third-order valence-corrected chi connectivity index (χ3v) is 6.11. The van der Waals surface area contributed by atoms with Crippen molar-refractivity contribution in [3.63, 3.8) is 0 Å². The Morgan fingerprint density at radius 2 is 1.69 bits per heavy atom. The summed E-state index contributed by atoms with van der Waals surface area (Å²) in [7, 11) is -1.74. The summed E-state index contributed by atoms with van der Waals surface area (Å²) in [5.74, 6) is -2.89. The van der Waals surface area contributed by atoms with Crippen LogP contribution in [-0.2, 0) is 7.05 Å². The van der Waals surface area contributed by atoms with Gasteiger partial charge in [-0.25, -0.2) is 13.2 Å². The summed E-state index contributed by atoms with van der Waals surface area (Å²) >= 11 is 0. The van der Waals surface area contributed by atoms with Gasteiger partial charge in [-0.1, -0.05) is 0 Å². The lowest BCUT2D eigenvalue weighted by Crippen LogP contribution is -2.19. The van der Waals surface area contributed by atoms with Crippen molar-refractivity contribution in [2.24, 2.45) is 7.05 Å². The van der Waals surface area contributed by atoms with E-state index in [1.165, 1.54) is 31.4 Å². The van der Waals surface area contributed by atoms with Gasteiger partial charge in [-0.05, 0) is 43.3 Å². The van der Waals surface area contributed by atoms with Crippen LogP contribution in [0, 0.1) is 17.5 Å². The summed E-state index contributed by atoms with van der Waals surface area (Å²) in [5.41, 5.74) is -0.431. The Morgan fingerprint density at radius 1 is 1.00 bits per heavy atom. The van der Waals surface area contributed by atoms with E-state index in [-0.39, 0.29) is 33.3 Å². The topological polar surface area (TPSA) is 71.7 Å². The monoisotopic (exact) mass is 425 g/mol. The summed E-state index contributed by atoms with van der Waals surface area (Å²) in [4.78, 5) is 11.8. The molecule has 0 atom stereocenters. The Labute approximate surface area is 166 Å². The van der Waals surface area contributed by atoms with Crippen molar-refractivity contribution in [3.8, 4) is 22.6 Å². The maximum atomic E-state index is 14.0. The van der Waals surface area contributed by atoms with E-state index in [0.717, 1.165) is 22.8 Å². The minimum atomic E-state index is -3.10. The van der Waals surface area contributed by atoms with E-state index < -0.39 is 33.6 Å². The summed E-state index contributed by atoms with van der Waals surface area (Å²) in [6, 6.07) is 7.91. The summed E-state index contributed by atoms with van der Waals surface area (Å²) in [6.45, 7) is 1.60. The zero-order chi connectivity index (χ0) is 21.3. The fraction of sp³-hybridized carbons (Fsp3) is 0.150. The predicted molar refractivity (Wildman–Crippen MR) is 105 cm³/mol. The van der Waals surface area contributed by atoms with Crippen LogP contribution in [0.3, 0.4) is 0 Å². The first-order chi connectivity index (χ1) is 13.6. The zero-order valence-corrected chi connectivity index (χ0v) is 16.3. The van der Waals surface area contributed by atoms with Crippen LogP contribution in [0.25, 0.3) is 11.1 Å². The van der Waals surface area contributed by atoms with Gasteiger partial charge in [-0.15, -0.1) is 0 Å². The van der Waals surface area contributed by atoms with Crippen molar-refractivity contribution in [2.75, 3.05) is 5.75 Å². The maximum absolute atomic E-state index is 14.0. The second-order valence-corrected chi connectivity index (χ2v) is 8.67. The van der Waals surface area contributed by atoms with Gasteiger partial charge in [0.1, 0.15) is 11.6 Å². The minimum absolute atomic E-state index is 0.0564. The van der Waals surface area contributed by atoms with Crippen molar-refractivity contribution in [2.45, 2.75) is 11.8 Å². The summed E-state index contributed by atoms with van der Waals surface area (Å²) in [5, 5.41) is 0. The standard InChI is InChI=1S/C20H18F3NO4S/c1-3-29(26,27)14-5-7-18(28-19-6-4-13(21)9-16(19)22)15(10-14)12-8-17(23)20(25)24(2)11-12/h4-11,26-27H,3H2,1-2H3. The van der Waals surface area contributed by atoms with Crippen molar-refractivity contribution >= 4 is 10.6 Å². The molecule has 5 nitrogen and oxygen atoms in total. The van der Waals surface area contributed by atoms with Crippen molar-refractivity contribution in [1.82, 2.24) is 4.57 Å². The van der Waals surface area contributed by atoms with Crippen LogP contribution in [0.5, 0.6) is 11.5 Å². The van der Waals surface area contributed by atoms with Crippen LogP contribution >= 0.6 is 10.6 Å². The molecule has 0 fully saturated rings. The molecule has 154 valence electrons. The van der Waals surface area contributed by atoms with E-state index >= 15 is 0 Å². The van der Waals surface area contributed by atoms with E-state index in [0.29, 0.717) is 6.07 Å². The molecular weight excluding hydrogens is 407 g/mol. The van der Waals surface area contributed by atoms with Crippen LogP contribution in [0.15, 0.2) is 58.4 Å². The molecule has 0 spiro atoms. The Hall–Kier alpha value is -2.75. The summed E-state index contributed by atoms with van der Waals surface area (Å²) in [6.07, 6.45) is 1.34. The number of aryl methyl sites for hydroxylation is 1. The number of halogens is 3. The van der Waals surface area contributed by atoms with Crippen LogP contribution in [0.4, 0.5) is 13.2 Å². The molecule has 0 saturated carbocycles. The Bertz CT molecular complexity index is 1100. The smallest absolute Gasteiger partial charge is 0.286 e. The molecule has 2 N–H and O–H groups in total. The van der Waals surface area contributed by atoms with E-state index in [1.807, 2.05) is 0 Å². The fourth-order valence-corrected chi connectivity index (χ4v) is 3.61. The molecule has 0 unspecified atom stereocenters. The van der Waals surface area contributed by atoms with Gasteiger partial charge in [0.15, 0.2) is 17.4 Å². The minimum Gasteiger partial charge on any atom is -0.454 e. The molecule has 0 aliphatic carbocycles. The third kappa shape index (κ3) is 4.31. The van der Waals surface area contributed by atoms with Crippen molar-refractivity contribution in [1.29, 1.82) is 0 Å². The number of ether oxygens (including phenoxy) is 1. The van der Waals surface area contributed by atoms with Gasteiger partial charge >= 0.3 is 0 Å².